The number of benzene rings is 1. The molecule has 1 N–H and O–H groups in total. The molecule has 1 amide bonds. The molecule has 0 bridgehead atoms. The van der Waals surface area contributed by atoms with Gasteiger partial charge < -0.3 is 5.32 Å². The topological polar surface area (TPSA) is 52.9 Å². The average molecular weight is 282 g/mol. The second kappa shape index (κ2) is 6.24. The van der Waals surface area contributed by atoms with Gasteiger partial charge in [-0.05, 0) is 37.6 Å². The van der Waals surface area contributed by atoms with Gasteiger partial charge in [-0.3, -0.25) is 4.79 Å². The highest BCUT2D eigenvalue weighted by Crippen LogP contribution is 2.29. The van der Waals surface area contributed by atoms with Crippen LogP contribution in [0.3, 0.4) is 0 Å². The molecular formula is C14H13F3N2O. The van der Waals surface area contributed by atoms with Crippen LogP contribution < -0.4 is 5.32 Å². The number of nitrogens with zero attached hydrogens (tertiary/aromatic N) is 1. The number of halogens is 3. The molecule has 1 rings (SSSR count). The molecule has 0 spiro atoms. The average Bonchev–Trinajstić information content (AvgIpc) is 2.34. The lowest BCUT2D eigenvalue weighted by Crippen LogP contribution is -2.30. The summed E-state index contributed by atoms with van der Waals surface area (Å²) in [4.78, 5) is 11.6. The monoisotopic (exact) mass is 282 g/mol. The van der Waals surface area contributed by atoms with Crippen molar-refractivity contribution in [3.05, 3.63) is 41.0 Å². The predicted octanol–water partition coefficient (Wildman–Crippen LogP) is 3.14. The predicted molar refractivity (Wildman–Crippen MR) is 68.3 cm³/mol. The quantitative estimate of drug-likeness (QED) is 0.684. The van der Waals surface area contributed by atoms with E-state index in [2.05, 4.69) is 5.32 Å². The number of carbonyl (C=O) groups excluding carboxylic acids is 1. The molecule has 0 aliphatic carbocycles. The maximum absolute atomic E-state index is 12.4. The Labute approximate surface area is 114 Å². The minimum atomic E-state index is -4.41. The van der Waals surface area contributed by atoms with Gasteiger partial charge >= 0.3 is 6.18 Å². The van der Waals surface area contributed by atoms with Crippen LogP contribution in [0.5, 0.6) is 0 Å². The van der Waals surface area contributed by atoms with Gasteiger partial charge in [-0.1, -0.05) is 12.1 Å². The Balaban J connectivity index is 2.97. The first-order chi connectivity index (χ1) is 9.24. The zero-order valence-corrected chi connectivity index (χ0v) is 11.0. The molecule has 1 aromatic carbocycles. The highest BCUT2D eigenvalue weighted by atomic mass is 19.4. The van der Waals surface area contributed by atoms with Crippen molar-refractivity contribution in [3.8, 4) is 6.07 Å². The summed E-state index contributed by atoms with van der Waals surface area (Å²) in [6.45, 7) is 3.48. The van der Waals surface area contributed by atoms with Crippen molar-refractivity contribution in [1.82, 2.24) is 5.32 Å². The van der Waals surface area contributed by atoms with Crippen molar-refractivity contribution in [3.63, 3.8) is 0 Å². The number of hydrogen-bond acceptors (Lipinski definition) is 2. The van der Waals surface area contributed by atoms with Crippen LogP contribution in [0.25, 0.3) is 6.08 Å². The van der Waals surface area contributed by atoms with Gasteiger partial charge in [0.05, 0.1) is 5.56 Å². The molecule has 0 unspecified atom stereocenters. The van der Waals surface area contributed by atoms with E-state index in [1.54, 1.807) is 19.9 Å². The summed E-state index contributed by atoms with van der Waals surface area (Å²) < 4.78 is 37.2. The lowest BCUT2D eigenvalue weighted by Gasteiger charge is -2.08. The van der Waals surface area contributed by atoms with Crippen LogP contribution in [0.2, 0.25) is 0 Å². The van der Waals surface area contributed by atoms with E-state index >= 15 is 0 Å². The summed E-state index contributed by atoms with van der Waals surface area (Å²) in [6.07, 6.45) is -3.16. The molecule has 1 aromatic rings. The highest BCUT2D eigenvalue weighted by Gasteiger charge is 2.29. The molecule has 0 aliphatic heterocycles. The Morgan fingerprint density at radius 1 is 1.30 bits per heavy atom. The summed E-state index contributed by atoms with van der Waals surface area (Å²) >= 11 is 0. The number of alkyl halides is 3. The van der Waals surface area contributed by atoms with Crippen molar-refractivity contribution >= 4 is 12.0 Å². The Hall–Kier alpha value is -2.29. The molecule has 0 radical (unpaired) electrons. The molecule has 0 saturated heterocycles. The SMILES string of the molecule is CC(C)NC(=O)/C(C#N)=C\c1ccc(C(F)(F)F)cc1. The van der Waals surface area contributed by atoms with Crippen molar-refractivity contribution < 1.29 is 18.0 Å². The molecular weight excluding hydrogens is 269 g/mol. The van der Waals surface area contributed by atoms with Crippen molar-refractivity contribution in [2.45, 2.75) is 26.1 Å². The molecule has 0 aromatic heterocycles. The van der Waals surface area contributed by atoms with E-state index < -0.39 is 17.6 Å². The van der Waals surface area contributed by atoms with E-state index in [9.17, 15) is 18.0 Å². The number of amides is 1. The van der Waals surface area contributed by atoms with Crippen LogP contribution in [0.1, 0.15) is 25.0 Å². The van der Waals surface area contributed by atoms with Gasteiger partial charge in [-0.25, -0.2) is 0 Å². The van der Waals surface area contributed by atoms with Gasteiger partial charge in [0.15, 0.2) is 0 Å². The lowest BCUT2D eigenvalue weighted by molar-refractivity contribution is -0.137. The third-order valence-corrected chi connectivity index (χ3v) is 2.33. The standard InChI is InChI=1S/C14H13F3N2O/c1-9(2)19-13(20)11(8-18)7-10-3-5-12(6-4-10)14(15,16)17/h3-7,9H,1-2H3,(H,19,20)/b11-7-. The first kappa shape index (κ1) is 15.8. The molecule has 0 atom stereocenters. The largest absolute Gasteiger partial charge is 0.416 e. The van der Waals surface area contributed by atoms with Gasteiger partial charge in [0.1, 0.15) is 11.6 Å². The fraction of sp³-hybridized carbons (Fsp3) is 0.286. The van der Waals surface area contributed by atoms with Gasteiger partial charge in [-0.15, -0.1) is 0 Å². The third-order valence-electron chi connectivity index (χ3n) is 2.33. The first-order valence-corrected chi connectivity index (χ1v) is 5.84. The Morgan fingerprint density at radius 2 is 1.85 bits per heavy atom. The van der Waals surface area contributed by atoms with E-state index in [4.69, 9.17) is 5.26 Å². The Bertz CT molecular complexity index is 551. The molecule has 0 heterocycles. The normalized spacial score (nSPS) is 12.2. The van der Waals surface area contributed by atoms with Gasteiger partial charge in [0, 0.05) is 6.04 Å². The van der Waals surface area contributed by atoms with Crippen LogP contribution in [-0.4, -0.2) is 11.9 Å². The molecule has 106 valence electrons. The van der Waals surface area contributed by atoms with Crippen molar-refractivity contribution in [1.29, 1.82) is 5.26 Å². The van der Waals surface area contributed by atoms with Crippen LogP contribution >= 0.6 is 0 Å². The van der Waals surface area contributed by atoms with Crippen molar-refractivity contribution in [2.24, 2.45) is 0 Å². The van der Waals surface area contributed by atoms with E-state index in [1.165, 1.54) is 18.2 Å². The maximum atomic E-state index is 12.4. The summed E-state index contributed by atoms with van der Waals surface area (Å²) in [6, 6.07) is 5.82. The highest BCUT2D eigenvalue weighted by molar-refractivity contribution is 6.01. The van der Waals surface area contributed by atoms with Gasteiger partial charge in [-0.2, -0.15) is 18.4 Å². The van der Waals surface area contributed by atoms with E-state index in [1.807, 2.05) is 0 Å². The number of nitriles is 1. The summed E-state index contributed by atoms with van der Waals surface area (Å²) in [5.41, 5.74) is -0.577. The summed E-state index contributed by atoms with van der Waals surface area (Å²) in [7, 11) is 0. The van der Waals surface area contributed by atoms with E-state index in [-0.39, 0.29) is 11.6 Å². The van der Waals surface area contributed by atoms with Crippen molar-refractivity contribution in [2.75, 3.05) is 0 Å². The van der Waals surface area contributed by atoms with Crippen LogP contribution in [0.4, 0.5) is 13.2 Å². The lowest BCUT2D eigenvalue weighted by atomic mass is 10.1. The molecule has 6 heteroatoms. The van der Waals surface area contributed by atoms with Crippen LogP contribution in [0.15, 0.2) is 29.8 Å². The smallest absolute Gasteiger partial charge is 0.349 e. The van der Waals surface area contributed by atoms with E-state index in [0.29, 0.717) is 5.56 Å². The molecule has 0 fully saturated rings. The number of hydrogen-bond donors (Lipinski definition) is 1. The third kappa shape index (κ3) is 4.43. The second-order valence-corrected chi connectivity index (χ2v) is 4.42. The molecule has 0 saturated carbocycles. The fourth-order valence-electron chi connectivity index (χ4n) is 1.42. The Morgan fingerprint density at radius 3 is 2.25 bits per heavy atom. The maximum Gasteiger partial charge on any atom is 0.416 e. The van der Waals surface area contributed by atoms with Crippen LogP contribution in [0, 0.1) is 11.3 Å². The zero-order chi connectivity index (χ0) is 15.3. The summed E-state index contributed by atoms with van der Waals surface area (Å²) in [5, 5.41) is 11.4. The van der Waals surface area contributed by atoms with Gasteiger partial charge in [0.25, 0.3) is 5.91 Å². The Kier molecular flexibility index (Phi) is 4.92. The minimum absolute atomic E-state index is 0.133. The fourth-order valence-corrected chi connectivity index (χ4v) is 1.42. The number of nitrogens with one attached hydrogen (secondary N) is 1. The molecule has 3 nitrogen and oxygen atoms in total. The van der Waals surface area contributed by atoms with E-state index in [0.717, 1.165) is 12.1 Å². The minimum Gasteiger partial charge on any atom is -0.349 e. The molecule has 0 aliphatic rings. The molecule has 20 heavy (non-hydrogen) atoms. The summed E-state index contributed by atoms with van der Waals surface area (Å²) in [5.74, 6) is -0.553. The first-order valence-electron chi connectivity index (χ1n) is 5.84. The van der Waals surface area contributed by atoms with Crippen LogP contribution in [-0.2, 0) is 11.0 Å². The van der Waals surface area contributed by atoms with Gasteiger partial charge in [0.2, 0.25) is 0 Å². The zero-order valence-electron chi connectivity index (χ0n) is 11.0. The number of rotatable bonds is 3. The second-order valence-electron chi connectivity index (χ2n) is 4.42. The number of carbonyl (C=O) groups is 1.